The van der Waals surface area contributed by atoms with Gasteiger partial charge in [-0.05, 0) is 18.1 Å². The van der Waals surface area contributed by atoms with Gasteiger partial charge in [0.15, 0.2) is 17.6 Å². The molecule has 1 unspecified atom stereocenters. The van der Waals surface area contributed by atoms with Crippen LogP contribution in [0.3, 0.4) is 0 Å². The topological polar surface area (TPSA) is 58.7 Å². The van der Waals surface area contributed by atoms with Crippen molar-refractivity contribution in [3.63, 3.8) is 0 Å². The van der Waals surface area contributed by atoms with E-state index in [1.807, 2.05) is 23.1 Å². The fraction of sp³-hybridized carbons (Fsp3) is 0.462. The molecule has 0 saturated carbocycles. The molecule has 1 N–H and O–H groups in total. The number of aliphatic hydroxyl groups excluding tert-OH is 1. The molecule has 0 bridgehead atoms. The Kier molecular flexibility index (Phi) is 2.63. The van der Waals surface area contributed by atoms with Crippen LogP contribution in [0.25, 0.3) is 11.0 Å². The summed E-state index contributed by atoms with van der Waals surface area (Å²) in [6.07, 6.45) is -0.701. The van der Waals surface area contributed by atoms with Gasteiger partial charge in [0.2, 0.25) is 0 Å². The lowest BCUT2D eigenvalue weighted by Gasteiger charge is -2.27. The smallest absolute Gasteiger partial charge is 0.185 e. The second-order valence-corrected chi connectivity index (χ2v) is 4.97. The van der Waals surface area contributed by atoms with E-state index in [1.165, 1.54) is 0 Å². The molecule has 1 aliphatic heterocycles. The number of aliphatic hydroxyl groups is 1. The molecule has 1 atom stereocenters. The predicted octanol–water partition coefficient (Wildman–Crippen LogP) is 2.00. The second-order valence-electron chi connectivity index (χ2n) is 4.97. The Morgan fingerprint density at radius 3 is 3.11 bits per heavy atom. The first-order valence-electron chi connectivity index (χ1n) is 6.12. The van der Waals surface area contributed by atoms with Crippen LogP contribution in [0.1, 0.15) is 13.8 Å². The van der Waals surface area contributed by atoms with Crippen LogP contribution in [0, 0.1) is 5.92 Å². The maximum Gasteiger partial charge on any atom is 0.185 e. The van der Waals surface area contributed by atoms with Crippen LogP contribution in [-0.4, -0.2) is 29.6 Å². The van der Waals surface area contributed by atoms with E-state index in [1.54, 1.807) is 0 Å². The van der Waals surface area contributed by atoms with Crippen molar-refractivity contribution in [2.45, 2.75) is 20.1 Å². The van der Waals surface area contributed by atoms with E-state index in [9.17, 15) is 5.11 Å². The van der Waals surface area contributed by atoms with Crippen molar-refractivity contribution in [3.8, 4) is 5.75 Å². The van der Waals surface area contributed by atoms with Gasteiger partial charge in [-0.15, -0.1) is 0 Å². The minimum absolute atomic E-state index is 0.238. The number of nitrogens with zero attached hydrogens (tertiary/aromatic N) is 2. The number of aromatic nitrogens is 1. The van der Waals surface area contributed by atoms with Crippen LogP contribution in [0.15, 0.2) is 22.7 Å². The first-order chi connectivity index (χ1) is 8.66. The Morgan fingerprint density at radius 2 is 2.33 bits per heavy atom. The minimum Gasteiger partial charge on any atom is -0.488 e. The zero-order valence-corrected chi connectivity index (χ0v) is 10.5. The summed E-state index contributed by atoms with van der Waals surface area (Å²) in [7, 11) is 0. The van der Waals surface area contributed by atoms with Gasteiger partial charge in [-0.1, -0.05) is 25.1 Å². The number of ether oxygens (including phenoxy) is 1. The number of benzene rings is 1. The van der Waals surface area contributed by atoms with Crippen LogP contribution in [0.5, 0.6) is 5.75 Å². The molecule has 0 spiro atoms. The van der Waals surface area contributed by atoms with E-state index in [0.29, 0.717) is 29.6 Å². The van der Waals surface area contributed by atoms with Crippen molar-refractivity contribution in [2.75, 3.05) is 18.1 Å². The van der Waals surface area contributed by atoms with Crippen molar-refractivity contribution >= 4 is 16.8 Å². The Balaban J connectivity index is 2.15. The van der Waals surface area contributed by atoms with E-state index >= 15 is 0 Å². The third kappa shape index (κ3) is 1.71. The lowest BCUT2D eigenvalue weighted by Crippen LogP contribution is -2.41. The molecule has 0 amide bonds. The highest BCUT2D eigenvalue weighted by atomic mass is 16.5. The summed E-state index contributed by atoms with van der Waals surface area (Å²) in [5.74, 6) is 1.80. The number of hydrogen-bond acceptors (Lipinski definition) is 5. The summed E-state index contributed by atoms with van der Waals surface area (Å²) < 4.78 is 10.9. The molecular weight excluding hydrogens is 232 g/mol. The molecule has 96 valence electrons. The quantitative estimate of drug-likeness (QED) is 0.880. The first-order valence-corrected chi connectivity index (χ1v) is 6.12. The maximum absolute atomic E-state index is 10.2. The molecule has 2 aromatic rings. The average Bonchev–Trinajstić information content (AvgIpc) is 2.71. The number of hydrogen-bond donors (Lipinski definition) is 1. The van der Waals surface area contributed by atoms with E-state index in [2.05, 4.69) is 19.0 Å². The maximum atomic E-state index is 10.2. The van der Waals surface area contributed by atoms with Gasteiger partial charge in [0, 0.05) is 6.54 Å². The summed E-state index contributed by atoms with van der Waals surface area (Å²) in [4.78, 5) is 1.84. The SMILES string of the molecule is CC(C)CN1c2noc3cccc(c23)OCC1O. The Bertz CT molecular complexity index is 564. The molecule has 18 heavy (non-hydrogen) atoms. The van der Waals surface area contributed by atoms with Crippen LogP contribution in [-0.2, 0) is 0 Å². The largest absolute Gasteiger partial charge is 0.488 e. The van der Waals surface area contributed by atoms with E-state index < -0.39 is 6.23 Å². The molecule has 1 aromatic heterocycles. The normalized spacial score (nSPS) is 19.1. The van der Waals surface area contributed by atoms with Crippen molar-refractivity contribution < 1.29 is 14.4 Å². The highest BCUT2D eigenvalue weighted by Crippen LogP contribution is 2.37. The molecule has 1 aromatic carbocycles. The summed E-state index contributed by atoms with van der Waals surface area (Å²) in [5, 5.41) is 15.1. The van der Waals surface area contributed by atoms with Gasteiger partial charge >= 0.3 is 0 Å². The number of anilines is 1. The molecule has 0 saturated heterocycles. The zero-order chi connectivity index (χ0) is 12.7. The second kappa shape index (κ2) is 4.17. The summed E-state index contributed by atoms with van der Waals surface area (Å²) >= 11 is 0. The predicted molar refractivity (Wildman–Crippen MR) is 67.7 cm³/mol. The molecule has 3 rings (SSSR count). The third-order valence-corrected chi connectivity index (χ3v) is 3.02. The standard InChI is InChI=1S/C13H16N2O3/c1-8(2)6-15-11(16)7-17-9-4-3-5-10-12(9)13(15)14-18-10/h3-5,8,11,16H,6-7H2,1-2H3. The van der Waals surface area contributed by atoms with Gasteiger partial charge in [0.25, 0.3) is 0 Å². The number of rotatable bonds is 2. The van der Waals surface area contributed by atoms with Gasteiger partial charge in [-0.3, -0.25) is 0 Å². The van der Waals surface area contributed by atoms with Crippen molar-refractivity contribution in [3.05, 3.63) is 18.2 Å². The lowest BCUT2D eigenvalue weighted by molar-refractivity contribution is 0.104. The van der Waals surface area contributed by atoms with Gasteiger partial charge < -0.3 is 19.3 Å². The summed E-state index contributed by atoms with van der Waals surface area (Å²) in [6.45, 7) is 5.14. The fourth-order valence-electron chi connectivity index (χ4n) is 2.26. The lowest BCUT2D eigenvalue weighted by atomic mass is 10.2. The van der Waals surface area contributed by atoms with Gasteiger partial charge in [0.05, 0.1) is 0 Å². The van der Waals surface area contributed by atoms with Crippen LogP contribution in [0.2, 0.25) is 0 Å². The van der Waals surface area contributed by atoms with E-state index in [0.717, 1.165) is 5.39 Å². The molecular formula is C13H16N2O3. The first kappa shape index (κ1) is 11.3. The molecule has 2 heterocycles. The molecule has 0 radical (unpaired) electrons. The Morgan fingerprint density at radius 1 is 1.50 bits per heavy atom. The zero-order valence-electron chi connectivity index (χ0n) is 10.5. The van der Waals surface area contributed by atoms with Crippen LogP contribution >= 0.6 is 0 Å². The Hall–Kier alpha value is -1.75. The van der Waals surface area contributed by atoms with Gasteiger partial charge in [0.1, 0.15) is 17.7 Å². The molecule has 5 heteroatoms. The van der Waals surface area contributed by atoms with Gasteiger partial charge in [-0.2, -0.15) is 0 Å². The molecule has 0 aliphatic carbocycles. The summed E-state index contributed by atoms with van der Waals surface area (Å²) in [6, 6.07) is 5.58. The van der Waals surface area contributed by atoms with Crippen molar-refractivity contribution in [1.82, 2.24) is 5.16 Å². The minimum atomic E-state index is -0.701. The molecule has 5 nitrogen and oxygen atoms in total. The molecule has 1 aliphatic rings. The van der Waals surface area contributed by atoms with E-state index in [-0.39, 0.29) is 6.61 Å². The van der Waals surface area contributed by atoms with Crippen LogP contribution < -0.4 is 9.64 Å². The highest BCUT2D eigenvalue weighted by molar-refractivity contribution is 5.94. The van der Waals surface area contributed by atoms with Gasteiger partial charge in [-0.25, -0.2) is 0 Å². The van der Waals surface area contributed by atoms with Crippen molar-refractivity contribution in [1.29, 1.82) is 0 Å². The van der Waals surface area contributed by atoms with E-state index in [4.69, 9.17) is 9.26 Å². The monoisotopic (exact) mass is 248 g/mol. The molecule has 0 fully saturated rings. The average molecular weight is 248 g/mol. The Labute approximate surface area is 105 Å². The van der Waals surface area contributed by atoms with Crippen molar-refractivity contribution in [2.24, 2.45) is 5.92 Å². The fourth-order valence-corrected chi connectivity index (χ4v) is 2.26. The third-order valence-electron chi connectivity index (χ3n) is 3.02. The van der Waals surface area contributed by atoms with Crippen LogP contribution in [0.4, 0.5) is 5.82 Å². The summed E-state index contributed by atoms with van der Waals surface area (Å²) in [5.41, 5.74) is 0.686. The highest BCUT2D eigenvalue weighted by Gasteiger charge is 2.28.